The lowest BCUT2D eigenvalue weighted by Gasteiger charge is -2.50. The summed E-state index contributed by atoms with van der Waals surface area (Å²) in [6.45, 7) is 4.77. The van der Waals surface area contributed by atoms with Crippen molar-refractivity contribution in [2.75, 3.05) is 12.0 Å². The fourth-order valence-corrected chi connectivity index (χ4v) is 4.28. The first-order valence-electron chi connectivity index (χ1n) is 10.6. The van der Waals surface area contributed by atoms with Crippen LogP contribution in [-0.2, 0) is 15.3 Å². The van der Waals surface area contributed by atoms with Crippen molar-refractivity contribution < 1.29 is 33.4 Å². The molecule has 0 spiro atoms. The van der Waals surface area contributed by atoms with Crippen molar-refractivity contribution in [3.63, 3.8) is 0 Å². The number of aliphatic hydroxyl groups is 1. The lowest BCUT2D eigenvalue weighted by atomic mass is 9.83. The Morgan fingerprint density at radius 3 is 2.51 bits per heavy atom. The molecule has 35 heavy (non-hydrogen) atoms. The zero-order chi connectivity index (χ0) is 25.5. The Hall–Kier alpha value is -4.01. The summed E-state index contributed by atoms with van der Waals surface area (Å²) in [5.41, 5.74) is -2.86. The largest absolute Gasteiger partial charge is 0.485 e. The number of fused-ring (bicyclic) bond motifs is 1. The van der Waals surface area contributed by atoms with E-state index < -0.39 is 35.3 Å². The van der Waals surface area contributed by atoms with E-state index in [1.165, 1.54) is 30.0 Å². The zero-order valence-corrected chi connectivity index (χ0v) is 19.4. The number of ether oxygens (including phenoxy) is 2. The summed E-state index contributed by atoms with van der Waals surface area (Å²) in [5.74, 6) is -2.00. The second kappa shape index (κ2) is 8.65. The van der Waals surface area contributed by atoms with Crippen LogP contribution in [0, 0.1) is 24.1 Å². The van der Waals surface area contributed by atoms with Gasteiger partial charge in [0.1, 0.15) is 23.3 Å². The van der Waals surface area contributed by atoms with Crippen molar-refractivity contribution >= 4 is 11.7 Å². The van der Waals surface area contributed by atoms with Gasteiger partial charge in [-0.2, -0.15) is 10.2 Å². The quantitative estimate of drug-likeness (QED) is 0.503. The monoisotopic (exact) mass is 482 g/mol. The van der Waals surface area contributed by atoms with Crippen LogP contribution in [0.3, 0.4) is 0 Å². The number of nitriles is 1. The minimum Gasteiger partial charge on any atom is -0.485 e. The number of aryl methyl sites for hydroxylation is 1. The highest BCUT2D eigenvalue weighted by molar-refractivity contribution is 5.83. The fourth-order valence-electron chi connectivity index (χ4n) is 4.28. The van der Waals surface area contributed by atoms with Crippen molar-refractivity contribution in [3.05, 3.63) is 71.1 Å². The number of anilines is 1. The SMILES string of the molecule is COC(C(=O)O)(c1noc(C)n1)N(c1ccc(F)cc1)C1c2cc(C#N)ccc2OC(C)(C)C1O. The summed E-state index contributed by atoms with van der Waals surface area (Å²) in [7, 11) is 1.15. The fraction of sp³-hybridized carbons (Fsp3) is 0.333. The third-order valence-corrected chi connectivity index (χ3v) is 5.98. The molecule has 3 aromatic rings. The number of carboxylic acid groups (broad SMARTS) is 1. The Labute approximate surface area is 200 Å². The van der Waals surface area contributed by atoms with Gasteiger partial charge in [-0.25, -0.2) is 9.18 Å². The van der Waals surface area contributed by atoms with Gasteiger partial charge < -0.3 is 29.1 Å². The van der Waals surface area contributed by atoms with Crippen molar-refractivity contribution in [2.45, 2.75) is 44.2 Å². The summed E-state index contributed by atoms with van der Waals surface area (Å²) in [6, 6.07) is 10.5. The molecule has 0 aliphatic carbocycles. The molecule has 182 valence electrons. The number of nitrogens with zero attached hydrogens (tertiary/aromatic N) is 4. The average Bonchev–Trinajstić information content (AvgIpc) is 3.25. The first-order valence-corrected chi connectivity index (χ1v) is 10.6. The highest BCUT2D eigenvalue weighted by atomic mass is 19.1. The molecule has 1 aliphatic rings. The summed E-state index contributed by atoms with van der Waals surface area (Å²) in [5, 5.41) is 35.4. The lowest BCUT2D eigenvalue weighted by molar-refractivity contribution is -0.169. The number of carbonyl (C=O) groups is 1. The molecule has 0 radical (unpaired) electrons. The van der Waals surface area contributed by atoms with Gasteiger partial charge in [0.2, 0.25) is 11.7 Å². The van der Waals surface area contributed by atoms with Gasteiger partial charge in [-0.05, 0) is 56.3 Å². The number of carboxylic acids is 1. The molecule has 11 heteroatoms. The average molecular weight is 482 g/mol. The van der Waals surface area contributed by atoms with Crippen LogP contribution in [0.2, 0.25) is 0 Å². The Bertz CT molecular complexity index is 1300. The molecule has 2 aromatic carbocycles. The number of hydrogen-bond donors (Lipinski definition) is 2. The number of rotatable bonds is 6. The number of aliphatic hydroxyl groups excluding tert-OH is 1. The predicted molar refractivity (Wildman–Crippen MR) is 119 cm³/mol. The van der Waals surface area contributed by atoms with Gasteiger partial charge in [-0.3, -0.25) is 0 Å². The molecule has 3 unspecified atom stereocenters. The van der Waals surface area contributed by atoms with Crippen LogP contribution in [0.15, 0.2) is 47.0 Å². The molecule has 0 amide bonds. The molecule has 3 atom stereocenters. The molecule has 2 N–H and O–H groups in total. The van der Waals surface area contributed by atoms with Gasteiger partial charge in [0, 0.05) is 25.3 Å². The van der Waals surface area contributed by atoms with Gasteiger partial charge in [0.25, 0.3) is 0 Å². The van der Waals surface area contributed by atoms with Crippen LogP contribution in [0.5, 0.6) is 5.75 Å². The van der Waals surface area contributed by atoms with E-state index in [0.717, 1.165) is 19.2 Å². The maximum atomic E-state index is 13.9. The Morgan fingerprint density at radius 2 is 1.97 bits per heavy atom. The molecule has 1 aliphatic heterocycles. The lowest BCUT2D eigenvalue weighted by Crippen LogP contribution is -2.62. The van der Waals surface area contributed by atoms with Gasteiger partial charge in [-0.1, -0.05) is 5.16 Å². The molecule has 4 rings (SSSR count). The minimum absolute atomic E-state index is 0.0850. The van der Waals surface area contributed by atoms with E-state index in [0.29, 0.717) is 11.3 Å². The van der Waals surface area contributed by atoms with E-state index in [1.54, 1.807) is 26.0 Å². The molecule has 2 heterocycles. The Balaban J connectivity index is 2.09. The van der Waals surface area contributed by atoms with Crippen LogP contribution in [0.25, 0.3) is 0 Å². The number of benzene rings is 2. The first-order chi connectivity index (χ1) is 16.5. The van der Waals surface area contributed by atoms with Gasteiger partial charge in [0.05, 0.1) is 17.7 Å². The molecule has 0 saturated heterocycles. The van der Waals surface area contributed by atoms with Crippen molar-refractivity contribution in [3.8, 4) is 11.8 Å². The van der Waals surface area contributed by atoms with E-state index in [1.807, 2.05) is 6.07 Å². The van der Waals surface area contributed by atoms with E-state index in [4.69, 9.17) is 14.0 Å². The standard InChI is InChI=1S/C24H23FN4O6/c1-13-27-21(28-35-13)24(33-4,22(31)32)29(16-8-6-15(25)7-9-16)19-17-11-14(12-26)5-10-18(17)34-23(2,3)20(19)30/h5-11,19-20,30H,1-4H3,(H,31,32). The van der Waals surface area contributed by atoms with Crippen molar-refractivity contribution in [2.24, 2.45) is 0 Å². The van der Waals surface area contributed by atoms with Crippen LogP contribution in [0.4, 0.5) is 10.1 Å². The normalized spacial score (nSPS) is 20.1. The van der Waals surface area contributed by atoms with Crippen molar-refractivity contribution in [1.29, 1.82) is 5.26 Å². The van der Waals surface area contributed by atoms with Gasteiger partial charge >= 0.3 is 11.7 Å². The van der Waals surface area contributed by atoms with Crippen LogP contribution in [0.1, 0.15) is 42.7 Å². The van der Waals surface area contributed by atoms with E-state index >= 15 is 0 Å². The molecule has 0 fully saturated rings. The number of hydrogen-bond acceptors (Lipinski definition) is 9. The Morgan fingerprint density at radius 1 is 1.29 bits per heavy atom. The second-order valence-corrected chi connectivity index (χ2v) is 8.60. The van der Waals surface area contributed by atoms with Crippen molar-refractivity contribution in [1.82, 2.24) is 10.1 Å². The molecule has 1 aromatic heterocycles. The zero-order valence-electron chi connectivity index (χ0n) is 19.4. The molecule has 10 nitrogen and oxygen atoms in total. The molecule has 0 saturated carbocycles. The first kappa shape index (κ1) is 24.1. The van der Waals surface area contributed by atoms with Crippen LogP contribution < -0.4 is 9.64 Å². The smallest absolute Gasteiger partial charge is 0.366 e. The van der Waals surface area contributed by atoms with Crippen LogP contribution >= 0.6 is 0 Å². The third kappa shape index (κ3) is 3.86. The van der Waals surface area contributed by atoms with E-state index in [2.05, 4.69) is 10.1 Å². The van der Waals surface area contributed by atoms with E-state index in [9.17, 15) is 24.7 Å². The summed E-state index contributed by atoms with van der Waals surface area (Å²) in [4.78, 5) is 18.3. The summed E-state index contributed by atoms with van der Waals surface area (Å²) in [6.07, 6.45) is -1.35. The molecular formula is C24H23FN4O6. The van der Waals surface area contributed by atoms with Crippen LogP contribution in [-0.4, -0.2) is 45.1 Å². The Kier molecular flexibility index (Phi) is 5.96. The second-order valence-electron chi connectivity index (χ2n) is 8.60. The van der Waals surface area contributed by atoms with Gasteiger partial charge in [-0.15, -0.1) is 0 Å². The topological polar surface area (TPSA) is 142 Å². The van der Waals surface area contributed by atoms with Gasteiger partial charge in [0.15, 0.2) is 0 Å². The number of aromatic nitrogens is 2. The highest BCUT2D eigenvalue weighted by Crippen LogP contribution is 2.49. The minimum atomic E-state index is -2.42. The molecule has 0 bridgehead atoms. The number of methoxy groups -OCH3 is 1. The summed E-state index contributed by atoms with van der Waals surface area (Å²) < 4.78 is 30.6. The predicted octanol–water partition coefficient (Wildman–Crippen LogP) is 3.05. The summed E-state index contributed by atoms with van der Waals surface area (Å²) >= 11 is 0. The third-order valence-electron chi connectivity index (χ3n) is 5.98. The van der Waals surface area contributed by atoms with E-state index in [-0.39, 0.29) is 23.0 Å². The number of halogens is 1. The maximum absolute atomic E-state index is 13.9. The highest BCUT2D eigenvalue weighted by Gasteiger charge is 2.58. The molecular weight excluding hydrogens is 459 g/mol. The maximum Gasteiger partial charge on any atom is 0.366 e. The number of aliphatic carboxylic acids is 1.